The minimum atomic E-state index is 0.541. The maximum absolute atomic E-state index is 5.59. The summed E-state index contributed by atoms with van der Waals surface area (Å²) in [6.07, 6.45) is 3.57. The molecular formula is C26H33N5O. The monoisotopic (exact) mass is 431 g/mol. The van der Waals surface area contributed by atoms with Crippen LogP contribution in [0.1, 0.15) is 43.5 Å². The van der Waals surface area contributed by atoms with Gasteiger partial charge in [-0.15, -0.1) is 0 Å². The van der Waals surface area contributed by atoms with E-state index >= 15 is 0 Å². The number of para-hydroxylation sites is 2. The van der Waals surface area contributed by atoms with Gasteiger partial charge in [-0.3, -0.25) is 0 Å². The highest BCUT2D eigenvalue weighted by molar-refractivity contribution is 5.90. The number of methoxy groups -OCH3 is 1. The summed E-state index contributed by atoms with van der Waals surface area (Å²) in [7, 11) is 1.74. The van der Waals surface area contributed by atoms with Gasteiger partial charge in [0, 0.05) is 44.0 Å². The van der Waals surface area contributed by atoms with Crippen LogP contribution in [0.2, 0.25) is 0 Å². The van der Waals surface area contributed by atoms with E-state index in [1.165, 1.54) is 29.5 Å². The van der Waals surface area contributed by atoms with Crippen molar-refractivity contribution in [1.29, 1.82) is 0 Å². The van der Waals surface area contributed by atoms with E-state index in [1.807, 2.05) is 12.1 Å². The molecule has 3 aromatic rings. The highest BCUT2D eigenvalue weighted by Crippen LogP contribution is 2.40. The van der Waals surface area contributed by atoms with Crippen molar-refractivity contribution in [2.75, 3.05) is 49.6 Å². The topological polar surface area (TPSA) is 53.5 Å². The number of hydrogen-bond acceptors (Lipinski definition) is 6. The lowest BCUT2D eigenvalue weighted by Gasteiger charge is -2.37. The second-order valence-corrected chi connectivity index (χ2v) is 8.85. The van der Waals surface area contributed by atoms with E-state index in [-0.39, 0.29) is 0 Å². The van der Waals surface area contributed by atoms with Crippen LogP contribution in [0.4, 0.5) is 11.5 Å². The molecule has 0 atom stereocenters. The van der Waals surface area contributed by atoms with Gasteiger partial charge in [0.25, 0.3) is 0 Å². The minimum Gasteiger partial charge on any atom is -0.495 e. The predicted octanol–water partition coefficient (Wildman–Crippen LogP) is 4.34. The number of fused-ring (bicyclic) bond motifs is 1. The predicted molar refractivity (Wildman–Crippen MR) is 131 cm³/mol. The van der Waals surface area contributed by atoms with Gasteiger partial charge in [-0.05, 0) is 55.6 Å². The van der Waals surface area contributed by atoms with Gasteiger partial charge in [0.15, 0.2) is 0 Å². The fourth-order valence-electron chi connectivity index (χ4n) is 4.51. The average molecular weight is 432 g/mol. The van der Waals surface area contributed by atoms with Crippen molar-refractivity contribution in [3.05, 3.63) is 53.9 Å². The highest BCUT2D eigenvalue weighted by atomic mass is 16.5. The lowest BCUT2D eigenvalue weighted by Crippen LogP contribution is -2.47. The molecule has 1 aromatic heterocycles. The Balaban J connectivity index is 1.41. The Hall–Kier alpha value is -2.86. The second-order valence-electron chi connectivity index (χ2n) is 8.85. The first-order valence-corrected chi connectivity index (χ1v) is 11.9. The molecule has 2 fully saturated rings. The summed E-state index contributed by atoms with van der Waals surface area (Å²) in [6, 6.07) is 15.0. The molecule has 0 unspecified atom stereocenters. The molecule has 1 aliphatic carbocycles. The Kier molecular flexibility index (Phi) is 6.12. The van der Waals surface area contributed by atoms with E-state index in [1.54, 1.807) is 7.11 Å². The smallest absolute Gasteiger partial charge is 0.142 e. The van der Waals surface area contributed by atoms with Gasteiger partial charge >= 0.3 is 0 Å². The Morgan fingerprint density at radius 2 is 1.78 bits per heavy atom. The number of rotatable bonds is 8. The van der Waals surface area contributed by atoms with Crippen LogP contribution in [-0.4, -0.2) is 49.8 Å². The number of ether oxygens (including phenoxy) is 1. The van der Waals surface area contributed by atoms with Gasteiger partial charge in [0.2, 0.25) is 0 Å². The molecule has 168 valence electrons. The number of piperazine rings is 1. The van der Waals surface area contributed by atoms with Gasteiger partial charge in [0.05, 0.1) is 18.3 Å². The van der Waals surface area contributed by atoms with E-state index in [0.717, 1.165) is 68.6 Å². The number of aromatic nitrogens is 2. The van der Waals surface area contributed by atoms with Crippen molar-refractivity contribution < 1.29 is 4.74 Å². The third-order valence-electron chi connectivity index (χ3n) is 6.46. The Morgan fingerprint density at radius 1 is 1.00 bits per heavy atom. The van der Waals surface area contributed by atoms with Crippen LogP contribution in [0.15, 0.2) is 42.5 Å². The standard InChI is InChI=1S/C26H33N5O/c1-3-12-27-18-19-8-11-22-21(17-19)26(29-25(28-22)20-9-10-20)31-15-13-30(14-16-31)23-6-4-5-7-24(23)32-2/h4-8,11,17,20,27H,3,9-10,12-16,18H2,1-2H3. The summed E-state index contributed by atoms with van der Waals surface area (Å²) in [5, 5.41) is 4.69. The summed E-state index contributed by atoms with van der Waals surface area (Å²) in [5.41, 5.74) is 3.54. The lowest BCUT2D eigenvalue weighted by molar-refractivity contribution is 0.413. The summed E-state index contributed by atoms with van der Waals surface area (Å²) >= 11 is 0. The van der Waals surface area contributed by atoms with E-state index in [4.69, 9.17) is 14.7 Å². The average Bonchev–Trinajstić information content (AvgIpc) is 3.69. The van der Waals surface area contributed by atoms with E-state index in [0.29, 0.717) is 5.92 Å². The zero-order chi connectivity index (χ0) is 21.9. The normalized spacial score (nSPS) is 16.6. The molecule has 0 amide bonds. The van der Waals surface area contributed by atoms with Crippen LogP contribution in [0.25, 0.3) is 10.9 Å². The second kappa shape index (κ2) is 9.33. The first kappa shape index (κ1) is 21.0. The van der Waals surface area contributed by atoms with Crippen molar-refractivity contribution in [3.63, 3.8) is 0 Å². The number of nitrogens with one attached hydrogen (secondary N) is 1. The number of nitrogens with zero attached hydrogens (tertiary/aromatic N) is 4. The van der Waals surface area contributed by atoms with E-state index < -0.39 is 0 Å². The molecule has 1 saturated heterocycles. The minimum absolute atomic E-state index is 0.541. The molecule has 0 bridgehead atoms. The quantitative estimate of drug-likeness (QED) is 0.536. The zero-order valence-electron chi connectivity index (χ0n) is 19.2. The molecule has 1 N–H and O–H groups in total. The van der Waals surface area contributed by atoms with Crippen LogP contribution in [0.5, 0.6) is 5.75 Å². The lowest BCUT2D eigenvalue weighted by atomic mass is 10.1. The van der Waals surface area contributed by atoms with Crippen LogP contribution >= 0.6 is 0 Å². The van der Waals surface area contributed by atoms with Crippen molar-refractivity contribution in [2.24, 2.45) is 0 Å². The molecular weight excluding hydrogens is 398 g/mol. The molecule has 6 heteroatoms. The van der Waals surface area contributed by atoms with Gasteiger partial charge < -0.3 is 19.9 Å². The third-order valence-corrected chi connectivity index (χ3v) is 6.46. The number of anilines is 2. The third kappa shape index (κ3) is 4.37. The van der Waals surface area contributed by atoms with Crippen molar-refractivity contribution in [2.45, 2.75) is 38.6 Å². The first-order valence-electron chi connectivity index (χ1n) is 11.9. The van der Waals surface area contributed by atoms with Crippen molar-refractivity contribution in [1.82, 2.24) is 15.3 Å². The van der Waals surface area contributed by atoms with Crippen molar-refractivity contribution >= 4 is 22.4 Å². The van der Waals surface area contributed by atoms with E-state index in [9.17, 15) is 0 Å². The fraction of sp³-hybridized carbons (Fsp3) is 0.462. The number of benzene rings is 2. The van der Waals surface area contributed by atoms with Crippen LogP contribution < -0.4 is 19.9 Å². The Morgan fingerprint density at radius 3 is 2.53 bits per heavy atom. The summed E-state index contributed by atoms with van der Waals surface area (Å²) in [6.45, 7) is 7.88. The molecule has 2 heterocycles. The molecule has 32 heavy (non-hydrogen) atoms. The summed E-state index contributed by atoms with van der Waals surface area (Å²) < 4.78 is 5.59. The van der Waals surface area contributed by atoms with Crippen molar-refractivity contribution in [3.8, 4) is 5.75 Å². The van der Waals surface area contributed by atoms with Gasteiger partial charge in [-0.1, -0.05) is 25.1 Å². The van der Waals surface area contributed by atoms with Gasteiger partial charge in [-0.2, -0.15) is 0 Å². The highest BCUT2D eigenvalue weighted by Gasteiger charge is 2.29. The molecule has 5 rings (SSSR count). The molecule has 0 radical (unpaired) electrons. The van der Waals surface area contributed by atoms with E-state index in [2.05, 4.69) is 52.4 Å². The molecule has 0 spiro atoms. The maximum Gasteiger partial charge on any atom is 0.142 e. The Bertz CT molecular complexity index is 1070. The maximum atomic E-state index is 5.59. The molecule has 2 aromatic carbocycles. The fourth-order valence-corrected chi connectivity index (χ4v) is 4.51. The SMILES string of the molecule is CCCNCc1ccc2nc(C3CC3)nc(N3CCN(c4ccccc4OC)CC3)c2c1. The largest absolute Gasteiger partial charge is 0.495 e. The molecule has 1 saturated carbocycles. The first-order chi connectivity index (χ1) is 15.8. The van der Waals surface area contributed by atoms with Crippen LogP contribution in [0, 0.1) is 0 Å². The molecule has 1 aliphatic heterocycles. The Labute approximate surface area is 190 Å². The molecule has 2 aliphatic rings. The van der Waals surface area contributed by atoms with Crippen LogP contribution in [0.3, 0.4) is 0 Å². The zero-order valence-corrected chi connectivity index (χ0v) is 19.2. The molecule has 6 nitrogen and oxygen atoms in total. The van der Waals surface area contributed by atoms with Crippen LogP contribution in [-0.2, 0) is 6.54 Å². The number of hydrogen-bond donors (Lipinski definition) is 1. The van der Waals surface area contributed by atoms with Gasteiger partial charge in [-0.25, -0.2) is 9.97 Å². The summed E-state index contributed by atoms with van der Waals surface area (Å²) in [4.78, 5) is 14.9. The van der Waals surface area contributed by atoms with Gasteiger partial charge in [0.1, 0.15) is 17.4 Å². The summed E-state index contributed by atoms with van der Waals surface area (Å²) in [5.74, 6) is 3.61.